The molecule has 0 aromatic rings. The van der Waals surface area contributed by atoms with Crippen LogP contribution in [0.1, 0.15) is 73.1 Å². The number of aliphatic carboxylic acids is 1. The molecular formula is C18H32O4. The summed E-state index contributed by atoms with van der Waals surface area (Å²) < 4.78 is 5.44. The maximum atomic E-state index is 12.8. The van der Waals surface area contributed by atoms with Gasteiger partial charge in [0.1, 0.15) is 5.41 Å². The van der Waals surface area contributed by atoms with Crippen LogP contribution < -0.4 is 0 Å². The van der Waals surface area contributed by atoms with E-state index in [1.807, 2.05) is 34.6 Å². The SMILES string of the molecule is CCC=C(C(=O)O)C(CCCC)(C(=O)OCCCC)C(C)C. The lowest BCUT2D eigenvalue weighted by Crippen LogP contribution is -2.42. The molecule has 0 aromatic heterocycles. The lowest BCUT2D eigenvalue weighted by atomic mass is 9.67. The molecule has 0 saturated heterocycles. The first-order valence-electron chi connectivity index (χ1n) is 8.49. The third-order valence-corrected chi connectivity index (χ3v) is 4.12. The van der Waals surface area contributed by atoms with E-state index in [2.05, 4.69) is 0 Å². The van der Waals surface area contributed by atoms with Crippen LogP contribution in [0.2, 0.25) is 0 Å². The smallest absolute Gasteiger partial charge is 0.332 e. The quantitative estimate of drug-likeness (QED) is 0.344. The van der Waals surface area contributed by atoms with E-state index < -0.39 is 11.4 Å². The molecule has 0 spiro atoms. The Labute approximate surface area is 134 Å². The zero-order chi connectivity index (χ0) is 17.2. The number of carboxylic acid groups (broad SMARTS) is 1. The minimum atomic E-state index is -1.05. The summed E-state index contributed by atoms with van der Waals surface area (Å²) in [6.45, 7) is 10.1. The minimum Gasteiger partial charge on any atom is -0.478 e. The maximum Gasteiger partial charge on any atom is 0.332 e. The van der Waals surface area contributed by atoms with Gasteiger partial charge in [-0.05, 0) is 25.2 Å². The van der Waals surface area contributed by atoms with Crippen LogP contribution in [0.4, 0.5) is 0 Å². The largest absolute Gasteiger partial charge is 0.478 e. The number of esters is 1. The maximum absolute atomic E-state index is 12.8. The Hall–Kier alpha value is -1.32. The summed E-state index contributed by atoms with van der Waals surface area (Å²) in [6.07, 6.45) is 6.22. The molecule has 4 heteroatoms. The third-order valence-electron chi connectivity index (χ3n) is 4.12. The molecule has 0 rings (SSSR count). The summed E-state index contributed by atoms with van der Waals surface area (Å²) >= 11 is 0. The van der Waals surface area contributed by atoms with Crippen molar-refractivity contribution in [3.63, 3.8) is 0 Å². The van der Waals surface area contributed by atoms with Gasteiger partial charge in [0.25, 0.3) is 0 Å². The monoisotopic (exact) mass is 312 g/mol. The van der Waals surface area contributed by atoms with E-state index in [1.165, 1.54) is 0 Å². The number of hydrogen-bond donors (Lipinski definition) is 1. The second-order valence-electron chi connectivity index (χ2n) is 6.05. The molecule has 0 aliphatic heterocycles. The molecule has 0 radical (unpaired) electrons. The highest BCUT2D eigenvalue weighted by atomic mass is 16.5. The molecule has 0 aliphatic rings. The molecule has 0 bridgehead atoms. The van der Waals surface area contributed by atoms with Gasteiger partial charge >= 0.3 is 11.9 Å². The van der Waals surface area contributed by atoms with Gasteiger partial charge in [-0.2, -0.15) is 0 Å². The highest BCUT2D eigenvalue weighted by Crippen LogP contribution is 2.42. The minimum absolute atomic E-state index is 0.123. The molecule has 22 heavy (non-hydrogen) atoms. The van der Waals surface area contributed by atoms with Crippen molar-refractivity contribution in [2.45, 2.75) is 73.1 Å². The summed E-state index contributed by atoms with van der Waals surface area (Å²) in [6, 6.07) is 0. The molecule has 128 valence electrons. The van der Waals surface area contributed by atoms with Crippen LogP contribution in [-0.2, 0) is 14.3 Å². The summed E-state index contributed by atoms with van der Waals surface area (Å²) in [7, 11) is 0. The molecule has 0 heterocycles. The average molecular weight is 312 g/mol. The Morgan fingerprint density at radius 3 is 2.14 bits per heavy atom. The molecule has 0 aliphatic carbocycles. The fourth-order valence-electron chi connectivity index (χ4n) is 2.74. The molecule has 4 nitrogen and oxygen atoms in total. The highest BCUT2D eigenvalue weighted by Gasteiger charge is 2.48. The van der Waals surface area contributed by atoms with Crippen molar-refractivity contribution < 1.29 is 19.4 Å². The third kappa shape index (κ3) is 5.15. The predicted octanol–water partition coefficient (Wildman–Crippen LogP) is 4.58. The van der Waals surface area contributed by atoms with E-state index in [0.29, 0.717) is 19.4 Å². The molecule has 0 amide bonds. The Kier molecular flexibility index (Phi) is 9.79. The number of carbonyl (C=O) groups is 2. The van der Waals surface area contributed by atoms with Crippen molar-refractivity contribution in [2.75, 3.05) is 6.61 Å². The number of ether oxygens (including phenoxy) is 1. The molecule has 0 aromatic carbocycles. The zero-order valence-electron chi connectivity index (χ0n) is 14.8. The fourth-order valence-corrected chi connectivity index (χ4v) is 2.74. The van der Waals surface area contributed by atoms with Crippen molar-refractivity contribution in [1.29, 1.82) is 0 Å². The van der Waals surface area contributed by atoms with Crippen molar-refractivity contribution in [3.05, 3.63) is 11.6 Å². The molecule has 1 atom stereocenters. The molecule has 1 N–H and O–H groups in total. The van der Waals surface area contributed by atoms with Crippen LogP contribution >= 0.6 is 0 Å². The van der Waals surface area contributed by atoms with Gasteiger partial charge in [0.15, 0.2) is 0 Å². The van der Waals surface area contributed by atoms with E-state index in [4.69, 9.17) is 4.74 Å². The van der Waals surface area contributed by atoms with Crippen molar-refractivity contribution in [2.24, 2.45) is 11.3 Å². The first-order chi connectivity index (χ1) is 10.4. The number of hydrogen-bond acceptors (Lipinski definition) is 3. The van der Waals surface area contributed by atoms with E-state index in [0.717, 1.165) is 25.7 Å². The molecule has 0 fully saturated rings. The zero-order valence-corrected chi connectivity index (χ0v) is 14.8. The number of rotatable bonds is 11. The van der Waals surface area contributed by atoms with Crippen molar-refractivity contribution in [1.82, 2.24) is 0 Å². The Balaban J connectivity index is 5.72. The first kappa shape index (κ1) is 20.7. The van der Waals surface area contributed by atoms with E-state index >= 15 is 0 Å². The second kappa shape index (κ2) is 10.4. The van der Waals surface area contributed by atoms with Crippen molar-refractivity contribution >= 4 is 11.9 Å². The second-order valence-corrected chi connectivity index (χ2v) is 6.05. The van der Waals surface area contributed by atoms with Gasteiger partial charge in [-0.25, -0.2) is 4.79 Å². The van der Waals surface area contributed by atoms with E-state index in [1.54, 1.807) is 6.08 Å². The van der Waals surface area contributed by atoms with E-state index in [-0.39, 0.29) is 17.5 Å². The van der Waals surface area contributed by atoms with Crippen LogP contribution in [0, 0.1) is 11.3 Å². The summed E-state index contributed by atoms with van der Waals surface area (Å²) in [5.41, 5.74) is -0.856. The van der Waals surface area contributed by atoms with Gasteiger partial charge in [0.05, 0.1) is 12.2 Å². The van der Waals surface area contributed by atoms with Crippen LogP contribution in [0.15, 0.2) is 11.6 Å². The number of allylic oxidation sites excluding steroid dienone is 1. The van der Waals surface area contributed by atoms with Gasteiger partial charge in [-0.1, -0.05) is 60.0 Å². The summed E-state index contributed by atoms with van der Waals surface area (Å²) in [4.78, 5) is 24.5. The summed E-state index contributed by atoms with van der Waals surface area (Å²) in [5.74, 6) is -1.52. The van der Waals surface area contributed by atoms with E-state index in [9.17, 15) is 14.7 Å². The van der Waals surface area contributed by atoms with Gasteiger partial charge in [-0.15, -0.1) is 0 Å². The predicted molar refractivity (Wildman–Crippen MR) is 88.7 cm³/mol. The molecule has 1 unspecified atom stereocenters. The van der Waals surface area contributed by atoms with Gasteiger partial charge in [-0.3, -0.25) is 4.79 Å². The van der Waals surface area contributed by atoms with Crippen LogP contribution in [0.3, 0.4) is 0 Å². The standard InChI is InChI=1S/C18H32O4/c1-6-9-12-18(14(4)5,15(11-8-3)16(19)20)17(21)22-13-10-7-2/h11,14H,6-10,12-13H2,1-5H3,(H,19,20). The van der Waals surface area contributed by atoms with Gasteiger partial charge < -0.3 is 9.84 Å². The van der Waals surface area contributed by atoms with Crippen LogP contribution in [0.5, 0.6) is 0 Å². The lowest BCUT2D eigenvalue weighted by Gasteiger charge is -2.36. The number of unbranched alkanes of at least 4 members (excludes halogenated alkanes) is 2. The number of carbonyl (C=O) groups excluding carboxylic acids is 1. The van der Waals surface area contributed by atoms with Crippen LogP contribution in [-0.4, -0.2) is 23.7 Å². The Morgan fingerprint density at radius 1 is 1.14 bits per heavy atom. The normalized spacial score (nSPS) is 14.7. The van der Waals surface area contributed by atoms with Crippen molar-refractivity contribution in [3.8, 4) is 0 Å². The highest BCUT2D eigenvalue weighted by molar-refractivity contribution is 5.97. The topological polar surface area (TPSA) is 63.6 Å². The Bertz CT molecular complexity index is 385. The van der Waals surface area contributed by atoms with Gasteiger partial charge in [0, 0.05) is 0 Å². The summed E-state index contributed by atoms with van der Waals surface area (Å²) in [5, 5.41) is 9.63. The fraction of sp³-hybridized carbons (Fsp3) is 0.778. The van der Waals surface area contributed by atoms with Gasteiger partial charge in [0.2, 0.25) is 0 Å². The lowest BCUT2D eigenvalue weighted by molar-refractivity contribution is -0.159. The number of carboxylic acids is 1. The first-order valence-corrected chi connectivity index (χ1v) is 8.49. The Morgan fingerprint density at radius 2 is 1.73 bits per heavy atom. The average Bonchev–Trinajstić information content (AvgIpc) is 2.46. The molecule has 0 saturated carbocycles. The van der Waals surface area contributed by atoms with Crippen LogP contribution in [0.25, 0.3) is 0 Å². The molecular weight excluding hydrogens is 280 g/mol.